The van der Waals surface area contributed by atoms with Crippen molar-refractivity contribution < 1.29 is 23.0 Å². The van der Waals surface area contributed by atoms with E-state index in [0.29, 0.717) is 6.20 Å². The van der Waals surface area contributed by atoms with Crippen molar-refractivity contribution in [2.45, 2.75) is 6.36 Å². The first-order valence-corrected chi connectivity index (χ1v) is 3.45. The molecule has 0 aromatic carbocycles. The lowest BCUT2D eigenvalue weighted by Crippen LogP contribution is -2.19. The minimum atomic E-state index is -5.01. The lowest BCUT2D eigenvalue weighted by molar-refractivity contribution is -0.275. The molecular weight excluding hydrogens is 217 g/mol. The summed E-state index contributed by atoms with van der Waals surface area (Å²) in [5.74, 6) is -2.17. The van der Waals surface area contributed by atoms with Crippen molar-refractivity contribution >= 4 is 0 Å². The van der Waals surface area contributed by atoms with Gasteiger partial charge < -0.3 is 14.8 Å². The fraction of sp³-hybridized carbons (Fsp3) is 0.143. The van der Waals surface area contributed by atoms with Crippen molar-refractivity contribution in [3.8, 4) is 17.6 Å². The molecule has 5 nitrogen and oxygen atoms in total. The van der Waals surface area contributed by atoms with Crippen LogP contribution < -0.4 is 10.3 Å². The number of nitrogens with one attached hydrogen (secondary N) is 1. The first-order chi connectivity index (χ1) is 6.85. The Morgan fingerprint density at radius 1 is 1.53 bits per heavy atom. The molecule has 0 unspecified atom stereocenters. The molecule has 1 heterocycles. The predicted molar refractivity (Wildman–Crippen MR) is 40.1 cm³/mol. The van der Waals surface area contributed by atoms with Crippen LogP contribution in [0, 0.1) is 11.3 Å². The molecule has 0 aliphatic heterocycles. The molecular formula is C7H3F3N2O3. The van der Waals surface area contributed by atoms with Crippen LogP contribution in [0.3, 0.4) is 0 Å². The highest BCUT2D eigenvalue weighted by atomic mass is 19.4. The number of rotatable bonds is 1. The summed E-state index contributed by atoms with van der Waals surface area (Å²) in [6.45, 7) is 0. The molecule has 80 valence electrons. The second-order valence-electron chi connectivity index (χ2n) is 2.37. The molecule has 8 heteroatoms. The highest BCUT2D eigenvalue weighted by molar-refractivity contribution is 5.48. The molecule has 1 aromatic heterocycles. The number of aromatic nitrogens is 1. The van der Waals surface area contributed by atoms with Crippen LogP contribution in [0.1, 0.15) is 5.56 Å². The molecule has 1 rings (SSSR count). The molecule has 0 aliphatic rings. The van der Waals surface area contributed by atoms with Gasteiger partial charge in [-0.25, -0.2) is 0 Å². The monoisotopic (exact) mass is 220 g/mol. The number of aromatic hydroxyl groups is 1. The number of halogens is 3. The van der Waals surface area contributed by atoms with E-state index in [-0.39, 0.29) is 0 Å². The fourth-order valence-electron chi connectivity index (χ4n) is 0.809. The van der Waals surface area contributed by atoms with Crippen LogP contribution in [0.25, 0.3) is 0 Å². The van der Waals surface area contributed by atoms with Gasteiger partial charge in [0.15, 0.2) is 17.1 Å². The highest BCUT2D eigenvalue weighted by Gasteiger charge is 2.33. The van der Waals surface area contributed by atoms with Gasteiger partial charge in [-0.2, -0.15) is 5.26 Å². The molecule has 0 aliphatic carbocycles. The Kier molecular flexibility index (Phi) is 2.57. The van der Waals surface area contributed by atoms with E-state index in [9.17, 15) is 18.0 Å². The number of H-pyrrole nitrogens is 1. The number of hydrogen-bond acceptors (Lipinski definition) is 4. The Morgan fingerprint density at radius 3 is 2.60 bits per heavy atom. The number of aromatic amines is 1. The smallest absolute Gasteiger partial charge is 0.503 e. The molecule has 0 fully saturated rings. The van der Waals surface area contributed by atoms with E-state index in [1.54, 1.807) is 0 Å². The van der Waals surface area contributed by atoms with Gasteiger partial charge in [-0.05, 0) is 0 Å². The highest BCUT2D eigenvalue weighted by Crippen LogP contribution is 2.30. The van der Waals surface area contributed by atoms with Crippen LogP contribution in [0.2, 0.25) is 0 Å². The molecule has 2 N–H and O–H groups in total. The van der Waals surface area contributed by atoms with Gasteiger partial charge >= 0.3 is 6.36 Å². The minimum Gasteiger partial charge on any atom is -0.503 e. The number of alkyl halides is 3. The topological polar surface area (TPSA) is 86.1 Å². The number of nitrogens with zero attached hydrogens (tertiary/aromatic N) is 1. The van der Waals surface area contributed by atoms with Crippen molar-refractivity contribution in [1.29, 1.82) is 5.26 Å². The van der Waals surface area contributed by atoms with Gasteiger partial charge in [0.05, 0.1) is 6.20 Å². The Bertz CT molecular complexity index is 472. The summed E-state index contributed by atoms with van der Waals surface area (Å²) >= 11 is 0. The maximum Gasteiger partial charge on any atom is 0.573 e. The van der Waals surface area contributed by atoms with Crippen molar-refractivity contribution in [3.05, 3.63) is 22.1 Å². The van der Waals surface area contributed by atoms with E-state index in [2.05, 4.69) is 4.74 Å². The summed E-state index contributed by atoms with van der Waals surface area (Å²) in [7, 11) is 0. The number of nitriles is 1. The molecule has 15 heavy (non-hydrogen) atoms. The number of pyridine rings is 1. The second-order valence-corrected chi connectivity index (χ2v) is 2.37. The van der Waals surface area contributed by atoms with Gasteiger partial charge in [0.25, 0.3) is 5.56 Å². The van der Waals surface area contributed by atoms with Gasteiger partial charge in [-0.3, -0.25) is 4.79 Å². The lowest BCUT2D eigenvalue weighted by Gasteiger charge is -2.09. The maximum absolute atomic E-state index is 11.7. The Balaban J connectivity index is 3.24. The summed E-state index contributed by atoms with van der Waals surface area (Å²) in [5.41, 5.74) is -1.83. The van der Waals surface area contributed by atoms with Crippen LogP contribution in [0.5, 0.6) is 11.5 Å². The van der Waals surface area contributed by atoms with Gasteiger partial charge in [-0.15, -0.1) is 13.2 Å². The summed E-state index contributed by atoms with van der Waals surface area (Å²) in [4.78, 5) is 12.6. The largest absolute Gasteiger partial charge is 0.573 e. The van der Waals surface area contributed by atoms with Crippen LogP contribution in [0.15, 0.2) is 11.0 Å². The standard InChI is InChI=1S/C7H3F3N2O3/c8-7(9,10)15-4-2-12-6(14)3(1-11)5(4)13/h2H,(H2,12,13,14). The molecule has 1 aromatic rings. The van der Waals surface area contributed by atoms with Crippen LogP contribution in [-0.4, -0.2) is 16.5 Å². The van der Waals surface area contributed by atoms with Crippen molar-refractivity contribution in [2.75, 3.05) is 0 Å². The Hall–Kier alpha value is -2.17. The van der Waals surface area contributed by atoms with Crippen molar-refractivity contribution in [1.82, 2.24) is 4.98 Å². The average molecular weight is 220 g/mol. The number of ether oxygens (including phenoxy) is 1. The van der Waals surface area contributed by atoms with Crippen molar-refractivity contribution in [3.63, 3.8) is 0 Å². The molecule has 0 spiro atoms. The van der Waals surface area contributed by atoms with Crippen LogP contribution in [-0.2, 0) is 0 Å². The third kappa shape index (κ3) is 2.40. The lowest BCUT2D eigenvalue weighted by atomic mass is 10.2. The predicted octanol–water partition coefficient (Wildman–Crippen LogP) is 0.851. The molecule has 0 radical (unpaired) electrons. The van der Waals surface area contributed by atoms with Crippen molar-refractivity contribution in [2.24, 2.45) is 0 Å². The van der Waals surface area contributed by atoms with Crippen LogP contribution in [0.4, 0.5) is 13.2 Å². The Labute approximate surface area is 80.3 Å². The molecule has 0 saturated carbocycles. The molecule has 0 amide bonds. The zero-order valence-electron chi connectivity index (χ0n) is 6.92. The van der Waals surface area contributed by atoms with Gasteiger partial charge in [0, 0.05) is 0 Å². The summed E-state index contributed by atoms with van der Waals surface area (Å²) in [5, 5.41) is 17.4. The molecule has 0 bridgehead atoms. The van der Waals surface area contributed by atoms with E-state index >= 15 is 0 Å². The van der Waals surface area contributed by atoms with Crippen LogP contribution >= 0.6 is 0 Å². The normalized spacial score (nSPS) is 10.8. The maximum atomic E-state index is 11.7. The van der Waals surface area contributed by atoms with Gasteiger partial charge in [0.2, 0.25) is 0 Å². The summed E-state index contributed by atoms with van der Waals surface area (Å²) in [6.07, 6.45) is -4.49. The van der Waals surface area contributed by atoms with E-state index in [1.807, 2.05) is 4.98 Å². The zero-order chi connectivity index (χ0) is 11.6. The minimum absolute atomic E-state index is 0.520. The summed E-state index contributed by atoms with van der Waals surface area (Å²) in [6, 6.07) is 1.25. The molecule has 0 saturated heterocycles. The van der Waals surface area contributed by atoms with E-state index in [1.165, 1.54) is 6.07 Å². The zero-order valence-corrected chi connectivity index (χ0v) is 6.92. The SMILES string of the molecule is N#Cc1c(O)c(OC(F)(F)F)c[nH]c1=O. The third-order valence-electron chi connectivity index (χ3n) is 1.37. The van der Waals surface area contributed by atoms with Gasteiger partial charge in [0.1, 0.15) is 6.07 Å². The quantitative estimate of drug-likeness (QED) is 0.734. The Morgan fingerprint density at radius 2 is 2.13 bits per heavy atom. The first-order valence-electron chi connectivity index (χ1n) is 3.45. The van der Waals surface area contributed by atoms with E-state index in [4.69, 9.17) is 10.4 Å². The van der Waals surface area contributed by atoms with E-state index in [0.717, 1.165) is 0 Å². The first kappa shape index (κ1) is 10.9. The fourth-order valence-corrected chi connectivity index (χ4v) is 0.809. The molecule has 0 atom stereocenters. The number of hydrogen-bond donors (Lipinski definition) is 2. The average Bonchev–Trinajstić information content (AvgIpc) is 2.09. The van der Waals surface area contributed by atoms with Gasteiger partial charge in [-0.1, -0.05) is 0 Å². The second kappa shape index (κ2) is 3.53. The van der Waals surface area contributed by atoms with E-state index < -0.39 is 29.0 Å². The third-order valence-corrected chi connectivity index (χ3v) is 1.37. The summed E-state index contributed by atoms with van der Waals surface area (Å²) < 4.78 is 38.6.